The third-order valence-corrected chi connectivity index (χ3v) is 8.15. The highest BCUT2D eigenvalue weighted by molar-refractivity contribution is 6.04. The highest BCUT2D eigenvalue weighted by atomic mass is 16.5. The molecule has 0 aliphatic carbocycles. The summed E-state index contributed by atoms with van der Waals surface area (Å²) in [5, 5.41) is 15.4. The first-order valence-corrected chi connectivity index (χ1v) is 15.6. The molecular formula is C35H46N4O7. The number of para-hydroxylation sites is 1. The summed E-state index contributed by atoms with van der Waals surface area (Å²) in [6.07, 6.45) is 1.97. The molecule has 0 spiro atoms. The van der Waals surface area contributed by atoms with Crippen molar-refractivity contribution in [3.05, 3.63) is 71.3 Å². The van der Waals surface area contributed by atoms with Crippen molar-refractivity contribution in [2.75, 3.05) is 12.8 Å². The van der Waals surface area contributed by atoms with E-state index in [0.717, 1.165) is 10.5 Å². The number of nitrogens with one attached hydrogen (secondary N) is 2. The van der Waals surface area contributed by atoms with Gasteiger partial charge in [-0.3, -0.25) is 24.0 Å². The Balaban J connectivity index is 2.03. The zero-order chi connectivity index (χ0) is 34.1. The Morgan fingerprint density at radius 3 is 2.26 bits per heavy atom. The lowest BCUT2D eigenvalue weighted by molar-refractivity contribution is -0.149. The number of nitrogens with two attached hydrogens (primary N) is 1. The molecule has 5 N–H and O–H groups in total. The van der Waals surface area contributed by atoms with Crippen LogP contribution in [0.25, 0.3) is 0 Å². The second-order valence-electron chi connectivity index (χ2n) is 12.4. The second kappa shape index (κ2) is 16.1. The van der Waals surface area contributed by atoms with E-state index in [0.29, 0.717) is 18.4 Å². The molecule has 2 aromatic carbocycles. The van der Waals surface area contributed by atoms with Gasteiger partial charge in [0.15, 0.2) is 5.78 Å². The highest BCUT2D eigenvalue weighted by Crippen LogP contribution is 2.24. The SMILES string of the molecule is CC1=CC(C)CC(C)OC(=O)CC(c2ccc(O)cc2)NC(=O)C(CC(=O)c2ccccc2N)N(C)C(=O)C(C)NC(=O)C(C)C1. The molecule has 3 rings (SSSR count). The molecular weight excluding hydrogens is 588 g/mol. The molecule has 0 bridgehead atoms. The fourth-order valence-electron chi connectivity index (χ4n) is 5.75. The third-order valence-electron chi connectivity index (χ3n) is 8.15. The Morgan fingerprint density at radius 1 is 0.957 bits per heavy atom. The number of rotatable bonds is 4. The van der Waals surface area contributed by atoms with Crippen molar-refractivity contribution < 1.29 is 33.8 Å². The van der Waals surface area contributed by atoms with E-state index >= 15 is 0 Å². The Bertz CT molecular complexity index is 1460. The molecule has 0 saturated heterocycles. The van der Waals surface area contributed by atoms with E-state index in [1.807, 2.05) is 19.9 Å². The number of ketones is 1. The Labute approximate surface area is 270 Å². The molecule has 2 aromatic rings. The average Bonchev–Trinajstić information content (AvgIpc) is 2.98. The van der Waals surface area contributed by atoms with Gasteiger partial charge in [-0.15, -0.1) is 0 Å². The van der Waals surface area contributed by atoms with E-state index in [2.05, 4.69) is 10.6 Å². The van der Waals surface area contributed by atoms with Crippen LogP contribution >= 0.6 is 0 Å². The van der Waals surface area contributed by atoms with Crippen LogP contribution < -0.4 is 16.4 Å². The number of carbonyl (C=O) groups is 5. The molecule has 1 heterocycles. The van der Waals surface area contributed by atoms with Gasteiger partial charge in [0.2, 0.25) is 17.7 Å². The predicted molar refractivity (Wildman–Crippen MR) is 174 cm³/mol. The standard InChI is InChI=1S/C35H46N4O7/c1-20-15-21(2)17-23(4)46-32(42)18-29(25-11-13-26(40)14-12-25)38-34(44)30(19-31(41)27-9-7-8-10-28(27)36)39(6)35(45)24(5)37-33(43)22(3)16-20/h7-15,21-24,29-30,40H,16-19,36H2,1-6H3,(H,37,43)(H,38,44). The van der Waals surface area contributed by atoms with Crippen molar-refractivity contribution in [3.63, 3.8) is 0 Å². The number of hydrogen-bond donors (Lipinski definition) is 4. The van der Waals surface area contributed by atoms with Gasteiger partial charge in [-0.25, -0.2) is 0 Å². The first kappa shape index (κ1) is 35.8. The van der Waals surface area contributed by atoms with Crippen molar-refractivity contribution in [1.29, 1.82) is 0 Å². The second-order valence-corrected chi connectivity index (χ2v) is 12.4. The summed E-state index contributed by atoms with van der Waals surface area (Å²) in [5.41, 5.74) is 7.96. The lowest BCUT2D eigenvalue weighted by atomic mass is 9.95. The van der Waals surface area contributed by atoms with Crippen LogP contribution in [0.2, 0.25) is 0 Å². The van der Waals surface area contributed by atoms with Crippen molar-refractivity contribution in [2.45, 2.75) is 84.5 Å². The molecule has 6 atom stereocenters. The molecule has 11 nitrogen and oxygen atoms in total. The quantitative estimate of drug-likeness (QED) is 0.169. The van der Waals surface area contributed by atoms with E-state index in [9.17, 15) is 29.1 Å². The number of benzene rings is 2. The van der Waals surface area contributed by atoms with Gasteiger partial charge in [-0.1, -0.05) is 49.8 Å². The fourth-order valence-corrected chi connectivity index (χ4v) is 5.75. The van der Waals surface area contributed by atoms with Crippen LogP contribution in [-0.2, 0) is 23.9 Å². The number of phenolic OH excluding ortho intramolecular Hbond substituents is 1. The summed E-state index contributed by atoms with van der Waals surface area (Å²) in [6, 6.07) is 9.21. The van der Waals surface area contributed by atoms with Crippen LogP contribution in [0, 0.1) is 11.8 Å². The third kappa shape index (κ3) is 9.92. The smallest absolute Gasteiger partial charge is 0.308 e. The van der Waals surface area contributed by atoms with Gasteiger partial charge in [0.1, 0.15) is 17.8 Å². The lowest BCUT2D eigenvalue weighted by Crippen LogP contribution is -2.55. The number of anilines is 1. The number of likely N-dealkylation sites (N-methyl/N-ethyl adjacent to an activating group) is 1. The molecule has 0 aromatic heterocycles. The fraction of sp³-hybridized carbons (Fsp3) is 0.457. The minimum absolute atomic E-state index is 0.000624. The van der Waals surface area contributed by atoms with E-state index in [1.54, 1.807) is 50.2 Å². The number of hydrogen-bond acceptors (Lipinski definition) is 8. The maximum absolute atomic E-state index is 14.0. The minimum Gasteiger partial charge on any atom is -0.508 e. The summed E-state index contributed by atoms with van der Waals surface area (Å²) < 4.78 is 5.72. The van der Waals surface area contributed by atoms with E-state index < -0.39 is 60.1 Å². The van der Waals surface area contributed by atoms with Crippen LogP contribution in [0.5, 0.6) is 5.75 Å². The molecule has 0 radical (unpaired) electrons. The molecule has 6 unspecified atom stereocenters. The molecule has 46 heavy (non-hydrogen) atoms. The van der Waals surface area contributed by atoms with Crippen molar-refractivity contribution in [2.24, 2.45) is 11.8 Å². The highest BCUT2D eigenvalue weighted by Gasteiger charge is 2.35. The van der Waals surface area contributed by atoms with Gasteiger partial charge >= 0.3 is 5.97 Å². The molecule has 3 amide bonds. The predicted octanol–water partition coefficient (Wildman–Crippen LogP) is 4.07. The van der Waals surface area contributed by atoms with Crippen LogP contribution in [0.4, 0.5) is 5.69 Å². The van der Waals surface area contributed by atoms with Crippen LogP contribution in [-0.4, -0.2) is 64.7 Å². The number of cyclic esters (lactones) is 1. The number of allylic oxidation sites excluding steroid dienone is 2. The number of carbonyl (C=O) groups excluding carboxylic acids is 5. The first-order valence-electron chi connectivity index (χ1n) is 15.6. The summed E-state index contributed by atoms with van der Waals surface area (Å²) in [4.78, 5) is 68.4. The van der Waals surface area contributed by atoms with Crippen molar-refractivity contribution >= 4 is 35.2 Å². The molecule has 248 valence electrons. The van der Waals surface area contributed by atoms with Gasteiger partial charge in [-0.2, -0.15) is 0 Å². The maximum Gasteiger partial charge on any atom is 0.308 e. The molecule has 0 saturated carbocycles. The molecule has 1 aliphatic rings. The van der Waals surface area contributed by atoms with E-state index in [1.165, 1.54) is 26.1 Å². The monoisotopic (exact) mass is 634 g/mol. The van der Waals surface area contributed by atoms with Gasteiger partial charge in [0, 0.05) is 30.6 Å². The van der Waals surface area contributed by atoms with Gasteiger partial charge < -0.3 is 31.1 Å². The number of esters is 1. The average molecular weight is 635 g/mol. The topological polar surface area (TPSA) is 168 Å². The van der Waals surface area contributed by atoms with Crippen LogP contribution in [0.15, 0.2) is 60.2 Å². The maximum atomic E-state index is 14.0. The number of ether oxygens (including phenoxy) is 1. The summed E-state index contributed by atoms with van der Waals surface area (Å²) in [5.74, 6) is -3.00. The number of aromatic hydroxyl groups is 1. The molecule has 1 aliphatic heterocycles. The minimum atomic E-state index is -1.32. The van der Waals surface area contributed by atoms with Gasteiger partial charge in [0.05, 0.1) is 18.6 Å². The number of nitrogens with zero attached hydrogens (tertiary/aromatic N) is 1. The van der Waals surface area contributed by atoms with E-state index in [4.69, 9.17) is 10.5 Å². The van der Waals surface area contributed by atoms with Crippen LogP contribution in [0.3, 0.4) is 0 Å². The Hall–Kier alpha value is -4.67. The first-order chi connectivity index (χ1) is 21.7. The van der Waals surface area contributed by atoms with Crippen LogP contribution in [0.1, 0.15) is 82.3 Å². The van der Waals surface area contributed by atoms with Gasteiger partial charge in [-0.05, 0) is 69.4 Å². The zero-order valence-electron chi connectivity index (χ0n) is 27.4. The largest absolute Gasteiger partial charge is 0.508 e. The van der Waals surface area contributed by atoms with Crippen molar-refractivity contribution in [3.8, 4) is 5.75 Å². The summed E-state index contributed by atoms with van der Waals surface area (Å²) >= 11 is 0. The summed E-state index contributed by atoms with van der Waals surface area (Å²) in [7, 11) is 1.39. The Morgan fingerprint density at radius 2 is 1.61 bits per heavy atom. The van der Waals surface area contributed by atoms with Crippen molar-refractivity contribution in [1.82, 2.24) is 15.5 Å². The molecule has 0 fully saturated rings. The van der Waals surface area contributed by atoms with Gasteiger partial charge in [0.25, 0.3) is 0 Å². The zero-order valence-corrected chi connectivity index (χ0v) is 27.4. The molecule has 11 heteroatoms. The normalized spacial score (nSPS) is 26.0. The Kier molecular flexibility index (Phi) is 12.5. The number of Topliss-reactive ketones (excluding diaryl/α,β-unsaturated/α-hetero) is 1. The number of nitrogen functional groups attached to an aromatic ring is 1. The lowest BCUT2D eigenvalue weighted by Gasteiger charge is -2.31. The summed E-state index contributed by atoms with van der Waals surface area (Å²) in [6.45, 7) is 9.03. The number of phenols is 1. The van der Waals surface area contributed by atoms with E-state index in [-0.39, 0.29) is 35.2 Å². The number of amides is 3.